The van der Waals surface area contributed by atoms with Gasteiger partial charge in [-0.3, -0.25) is 4.79 Å². The van der Waals surface area contributed by atoms with Crippen LogP contribution in [0.5, 0.6) is 11.5 Å². The number of alkyl halides is 3. The molecule has 1 aromatic heterocycles. The third-order valence-corrected chi connectivity index (χ3v) is 2.11. The van der Waals surface area contributed by atoms with Crippen LogP contribution in [0.2, 0.25) is 0 Å². The van der Waals surface area contributed by atoms with E-state index in [1.807, 2.05) is 0 Å². The first-order valence-electron chi connectivity index (χ1n) is 5.42. The lowest BCUT2D eigenvalue weighted by atomic mass is 10.1. The molecule has 0 aliphatic rings. The molecule has 1 rings (SSSR count). The molecule has 0 saturated heterocycles. The molecule has 0 aromatic carbocycles. The number of aromatic hydroxyl groups is 1. The number of aromatic nitrogens is 1. The summed E-state index contributed by atoms with van der Waals surface area (Å²) < 4.78 is 45.0. The lowest BCUT2D eigenvalue weighted by Crippen LogP contribution is -2.20. The number of carbonyl (C=O) groups is 1. The van der Waals surface area contributed by atoms with Crippen molar-refractivity contribution in [2.24, 2.45) is 0 Å². The molecule has 21 heavy (non-hydrogen) atoms. The van der Waals surface area contributed by atoms with E-state index in [2.05, 4.69) is 14.5 Å². The van der Waals surface area contributed by atoms with Gasteiger partial charge in [0, 0.05) is 0 Å². The van der Waals surface area contributed by atoms with Gasteiger partial charge in [0.2, 0.25) is 5.75 Å². The fourth-order valence-electron chi connectivity index (χ4n) is 1.39. The summed E-state index contributed by atoms with van der Waals surface area (Å²) >= 11 is 0. The number of hydrogen-bond donors (Lipinski definition) is 1. The van der Waals surface area contributed by atoms with Crippen LogP contribution in [0, 0.1) is 10.1 Å². The summed E-state index contributed by atoms with van der Waals surface area (Å²) in [5.41, 5.74) is -0.729. The molecular weight excluding hydrogens is 301 g/mol. The Morgan fingerprint density at radius 2 is 2.14 bits per heavy atom. The van der Waals surface area contributed by atoms with Crippen LogP contribution in [-0.2, 0) is 16.0 Å². The first kappa shape index (κ1) is 16.5. The van der Waals surface area contributed by atoms with Crippen LogP contribution in [-0.4, -0.2) is 34.0 Å². The number of rotatable bonds is 5. The van der Waals surface area contributed by atoms with Crippen LogP contribution in [0.25, 0.3) is 0 Å². The largest absolute Gasteiger partial charge is 0.573 e. The van der Waals surface area contributed by atoms with E-state index in [9.17, 15) is 33.2 Å². The number of ether oxygens (including phenoxy) is 2. The van der Waals surface area contributed by atoms with E-state index >= 15 is 0 Å². The Morgan fingerprint density at radius 3 is 2.62 bits per heavy atom. The van der Waals surface area contributed by atoms with E-state index in [0.717, 1.165) is 0 Å². The van der Waals surface area contributed by atoms with E-state index in [-0.39, 0.29) is 6.61 Å². The first-order chi connectivity index (χ1) is 9.65. The third-order valence-electron chi connectivity index (χ3n) is 2.11. The van der Waals surface area contributed by atoms with Gasteiger partial charge in [-0.25, -0.2) is 0 Å². The maximum absolute atomic E-state index is 12.3. The van der Waals surface area contributed by atoms with Crippen LogP contribution >= 0.6 is 0 Å². The van der Waals surface area contributed by atoms with Crippen molar-refractivity contribution in [2.75, 3.05) is 6.61 Å². The normalized spacial score (nSPS) is 11.0. The number of nitrogens with zero attached hydrogens (tertiary/aromatic N) is 2. The van der Waals surface area contributed by atoms with Crippen molar-refractivity contribution in [2.45, 2.75) is 19.7 Å². The Bertz CT molecular complexity index is 560. The number of nitro groups is 1. The van der Waals surface area contributed by atoms with E-state index in [1.54, 1.807) is 0 Å². The van der Waals surface area contributed by atoms with Crippen molar-refractivity contribution >= 4 is 11.8 Å². The van der Waals surface area contributed by atoms with Gasteiger partial charge in [-0.1, -0.05) is 0 Å². The maximum Gasteiger partial charge on any atom is 0.573 e. The molecule has 0 fully saturated rings. The van der Waals surface area contributed by atoms with Gasteiger partial charge < -0.3 is 24.7 Å². The van der Waals surface area contributed by atoms with E-state index in [1.165, 1.54) is 6.92 Å². The SMILES string of the molecule is CCOC(=O)Cc1c(O)cnc([N+](=O)[O-])c1OC(F)(F)F. The Kier molecular flexibility index (Phi) is 4.89. The molecule has 116 valence electrons. The summed E-state index contributed by atoms with van der Waals surface area (Å²) in [5, 5.41) is 20.2. The molecule has 0 amide bonds. The fourth-order valence-corrected chi connectivity index (χ4v) is 1.39. The van der Waals surface area contributed by atoms with Crippen molar-refractivity contribution in [3.63, 3.8) is 0 Å². The molecule has 8 nitrogen and oxygen atoms in total. The zero-order valence-electron chi connectivity index (χ0n) is 10.5. The van der Waals surface area contributed by atoms with Crippen LogP contribution in [0.1, 0.15) is 12.5 Å². The summed E-state index contributed by atoms with van der Waals surface area (Å²) in [5.74, 6) is -4.46. The minimum absolute atomic E-state index is 0.0533. The van der Waals surface area contributed by atoms with Crippen LogP contribution in [0.4, 0.5) is 19.0 Å². The van der Waals surface area contributed by atoms with Crippen molar-refractivity contribution in [1.29, 1.82) is 0 Å². The molecule has 0 radical (unpaired) electrons. The molecule has 0 atom stereocenters. The molecular formula is C10H9F3N2O6. The number of halogens is 3. The first-order valence-corrected chi connectivity index (χ1v) is 5.42. The van der Waals surface area contributed by atoms with E-state index < -0.39 is 46.6 Å². The molecule has 0 aliphatic carbocycles. The Balaban J connectivity index is 3.34. The van der Waals surface area contributed by atoms with E-state index in [4.69, 9.17) is 0 Å². The Labute approximate surface area is 115 Å². The Morgan fingerprint density at radius 1 is 1.52 bits per heavy atom. The Hall–Kier alpha value is -2.59. The molecule has 0 spiro atoms. The molecule has 0 aliphatic heterocycles. The monoisotopic (exact) mass is 310 g/mol. The highest BCUT2D eigenvalue weighted by Gasteiger charge is 2.38. The minimum atomic E-state index is -5.26. The fraction of sp³-hybridized carbons (Fsp3) is 0.400. The second-order valence-corrected chi connectivity index (χ2v) is 3.56. The van der Waals surface area contributed by atoms with Gasteiger partial charge in [0.05, 0.1) is 18.6 Å². The molecule has 0 saturated carbocycles. The summed E-state index contributed by atoms with van der Waals surface area (Å²) in [6.45, 7) is 1.40. The van der Waals surface area contributed by atoms with E-state index in [0.29, 0.717) is 6.20 Å². The molecule has 1 aromatic rings. The van der Waals surface area contributed by atoms with Crippen LogP contribution in [0.3, 0.4) is 0 Å². The van der Waals surface area contributed by atoms with Gasteiger partial charge in [-0.15, -0.1) is 13.2 Å². The summed E-state index contributed by atoms with van der Waals surface area (Å²) in [6.07, 6.45) is -5.55. The van der Waals surface area contributed by atoms with Crippen molar-refractivity contribution in [1.82, 2.24) is 4.98 Å². The number of hydrogen-bond acceptors (Lipinski definition) is 7. The number of esters is 1. The summed E-state index contributed by atoms with van der Waals surface area (Å²) in [6, 6.07) is 0. The maximum atomic E-state index is 12.3. The van der Waals surface area contributed by atoms with Gasteiger partial charge >= 0.3 is 18.1 Å². The number of pyridine rings is 1. The lowest BCUT2D eigenvalue weighted by molar-refractivity contribution is -0.393. The average molecular weight is 310 g/mol. The predicted octanol–water partition coefficient (Wildman–Crippen LogP) is 1.70. The predicted molar refractivity (Wildman–Crippen MR) is 59.6 cm³/mol. The molecule has 1 heterocycles. The average Bonchev–Trinajstić information content (AvgIpc) is 2.32. The third kappa shape index (κ3) is 4.47. The second kappa shape index (κ2) is 6.24. The van der Waals surface area contributed by atoms with Crippen LogP contribution < -0.4 is 4.74 Å². The van der Waals surface area contributed by atoms with Gasteiger partial charge in [0.15, 0.2) is 11.9 Å². The smallest absolute Gasteiger partial charge is 0.504 e. The highest BCUT2D eigenvalue weighted by molar-refractivity contribution is 5.75. The van der Waals surface area contributed by atoms with Gasteiger partial charge in [-0.2, -0.15) is 0 Å². The number of carbonyl (C=O) groups excluding carboxylic acids is 1. The molecule has 0 bridgehead atoms. The van der Waals surface area contributed by atoms with Gasteiger partial charge in [0.25, 0.3) is 0 Å². The zero-order chi connectivity index (χ0) is 16.2. The van der Waals surface area contributed by atoms with Crippen molar-refractivity contribution < 1.29 is 37.5 Å². The summed E-state index contributed by atoms with van der Waals surface area (Å²) in [7, 11) is 0. The standard InChI is InChI=1S/C10H9F3N2O6/c1-2-20-7(17)3-5-6(16)4-14-9(15(18)19)8(5)21-10(11,12)13/h4,16H,2-3H2,1H3. The van der Waals surface area contributed by atoms with Crippen molar-refractivity contribution in [3.05, 3.63) is 21.9 Å². The topological polar surface area (TPSA) is 112 Å². The highest BCUT2D eigenvalue weighted by Crippen LogP contribution is 2.38. The quantitative estimate of drug-likeness (QED) is 0.500. The lowest BCUT2D eigenvalue weighted by Gasteiger charge is -2.13. The van der Waals surface area contributed by atoms with Crippen LogP contribution in [0.15, 0.2) is 6.20 Å². The van der Waals surface area contributed by atoms with Gasteiger partial charge in [0.1, 0.15) is 0 Å². The summed E-state index contributed by atoms with van der Waals surface area (Å²) in [4.78, 5) is 23.8. The molecule has 0 unspecified atom stereocenters. The highest BCUT2D eigenvalue weighted by atomic mass is 19.4. The van der Waals surface area contributed by atoms with Crippen molar-refractivity contribution in [3.8, 4) is 11.5 Å². The van der Waals surface area contributed by atoms with Gasteiger partial charge in [-0.05, 0) is 16.8 Å². The molecule has 11 heteroatoms. The molecule has 1 N–H and O–H groups in total. The second-order valence-electron chi connectivity index (χ2n) is 3.56. The zero-order valence-corrected chi connectivity index (χ0v) is 10.5. The minimum Gasteiger partial charge on any atom is -0.504 e.